The molecule has 1 atom stereocenters. The lowest BCUT2D eigenvalue weighted by molar-refractivity contribution is -0.128. The van der Waals surface area contributed by atoms with Gasteiger partial charge in [0, 0.05) is 32.3 Å². The van der Waals surface area contributed by atoms with Gasteiger partial charge in [0.1, 0.15) is 0 Å². The van der Waals surface area contributed by atoms with Crippen molar-refractivity contribution in [2.45, 2.75) is 6.42 Å². The molecule has 1 aromatic rings. The fraction of sp³-hybridized carbons (Fsp3) is 0.400. The van der Waals surface area contributed by atoms with Crippen LogP contribution in [0.2, 0.25) is 0 Å². The van der Waals surface area contributed by atoms with E-state index in [0.29, 0.717) is 30.9 Å². The molecule has 0 aromatic heterocycles. The van der Waals surface area contributed by atoms with Crippen LogP contribution in [0.4, 0.5) is 5.69 Å². The first kappa shape index (κ1) is 15.0. The van der Waals surface area contributed by atoms with Gasteiger partial charge >= 0.3 is 0 Å². The average Bonchev–Trinajstić information content (AvgIpc) is 2.87. The normalized spacial score (nSPS) is 17.6. The molecule has 1 saturated heterocycles. The SMILES string of the molecule is COCCN1C[C@@H](C(=O)Nc2ccc(C#N)cc2)CC1=O. The second-order valence-corrected chi connectivity index (χ2v) is 4.91. The van der Waals surface area contributed by atoms with Crippen molar-refractivity contribution in [3.63, 3.8) is 0 Å². The third kappa shape index (κ3) is 3.80. The summed E-state index contributed by atoms with van der Waals surface area (Å²) in [7, 11) is 1.58. The fourth-order valence-corrected chi connectivity index (χ4v) is 2.24. The standard InChI is InChI=1S/C15H17N3O3/c1-21-7-6-18-10-12(8-14(18)19)15(20)17-13-4-2-11(9-16)3-5-13/h2-5,12H,6-8,10H2,1H3,(H,17,20)/t12-/m0/s1. The highest BCUT2D eigenvalue weighted by Gasteiger charge is 2.33. The first-order chi connectivity index (χ1) is 10.1. The molecule has 0 radical (unpaired) electrons. The number of anilines is 1. The quantitative estimate of drug-likeness (QED) is 0.875. The topological polar surface area (TPSA) is 82.4 Å². The Bertz CT molecular complexity index is 563. The van der Waals surface area contributed by atoms with E-state index in [1.807, 2.05) is 6.07 Å². The van der Waals surface area contributed by atoms with E-state index in [1.54, 1.807) is 36.3 Å². The zero-order valence-electron chi connectivity index (χ0n) is 11.8. The molecule has 1 aliphatic rings. The van der Waals surface area contributed by atoms with Crippen LogP contribution in [-0.4, -0.2) is 43.5 Å². The molecular weight excluding hydrogens is 270 g/mol. The van der Waals surface area contributed by atoms with Crippen LogP contribution >= 0.6 is 0 Å². The van der Waals surface area contributed by atoms with Crippen LogP contribution in [0.5, 0.6) is 0 Å². The molecule has 6 nitrogen and oxygen atoms in total. The summed E-state index contributed by atoms with van der Waals surface area (Å²) in [5, 5.41) is 11.5. The van der Waals surface area contributed by atoms with Gasteiger partial charge in [-0.15, -0.1) is 0 Å². The lowest BCUT2D eigenvalue weighted by atomic mass is 10.1. The molecule has 0 aliphatic carbocycles. The first-order valence-corrected chi connectivity index (χ1v) is 6.71. The monoisotopic (exact) mass is 287 g/mol. The van der Waals surface area contributed by atoms with Gasteiger partial charge in [0.05, 0.1) is 24.2 Å². The third-order valence-electron chi connectivity index (χ3n) is 3.43. The van der Waals surface area contributed by atoms with Crippen molar-refractivity contribution in [2.24, 2.45) is 5.92 Å². The van der Waals surface area contributed by atoms with Crippen LogP contribution in [0.15, 0.2) is 24.3 Å². The molecule has 21 heavy (non-hydrogen) atoms. The van der Waals surface area contributed by atoms with Crippen LogP contribution in [0.3, 0.4) is 0 Å². The molecule has 2 amide bonds. The van der Waals surface area contributed by atoms with Crippen molar-refractivity contribution in [3.05, 3.63) is 29.8 Å². The van der Waals surface area contributed by atoms with E-state index >= 15 is 0 Å². The number of hydrogen-bond donors (Lipinski definition) is 1. The van der Waals surface area contributed by atoms with Crippen molar-refractivity contribution in [3.8, 4) is 6.07 Å². The largest absolute Gasteiger partial charge is 0.383 e. The molecule has 1 fully saturated rings. The number of methoxy groups -OCH3 is 1. The summed E-state index contributed by atoms with van der Waals surface area (Å²) < 4.78 is 4.94. The van der Waals surface area contributed by atoms with Crippen molar-refractivity contribution < 1.29 is 14.3 Å². The summed E-state index contributed by atoms with van der Waals surface area (Å²) in [6, 6.07) is 8.65. The molecule has 0 bridgehead atoms. The fourth-order valence-electron chi connectivity index (χ4n) is 2.24. The lowest BCUT2D eigenvalue weighted by Crippen LogP contribution is -2.30. The van der Waals surface area contributed by atoms with Crippen LogP contribution in [-0.2, 0) is 14.3 Å². The van der Waals surface area contributed by atoms with Crippen molar-refractivity contribution in [1.82, 2.24) is 4.90 Å². The molecule has 1 N–H and O–H groups in total. The van der Waals surface area contributed by atoms with E-state index in [4.69, 9.17) is 10.00 Å². The summed E-state index contributed by atoms with van der Waals surface area (Å²) >= 11 is 0. The molecule has 1 aromatic carbocycles. The second-order valence-electron chi connectivity index (χ2n) is 4.91. The predicted octanol–water partition coefficient (Wildman–Crippen LogP) is 0.992. The van der Waals surface area contributed by atoms with Crippen molar-refractivity contribution in [2.75, 3.05) is 32.1 Å². The maximum absolute atomic E-state index is 12.1. The minimum Gasteiger partial charge on any atom is -0.383 e. The van der Waals surface area contributed by atoms with Crippen LogP contribution in [0.25, 0.3) is 0 Å². The van der Waals surface area contributed by atoms with Gasteiger partial charge in [0.15, 0.2) is 0 Å². The molecule has 1 aliphatic heterocycles. The Kier molecular flexibility index (Phi) is 4.90. The molecule has 1 heterocycles. The minimum absolute atomic E-state index is 0.0213. The van der Waals surface area contributed by atoms with Crippen LogP contribution in [0.1, 0.15) is 12.0 Å². The van der Waals surface area contributed by atoms with Gasteiger partial charge in [0.2, 0.25) is 11.8 Å². The maximum Gasteiger partial charge on any atom is 0.229 e. The van der Waals surface area contributed by atoms with E-state index in [0.717, 1.165) is 0 Å². The minimum atomic E-state index is -0.343. The highest BCUT2D eigenvalue weighted by atomic mass is 16.5. The van der Waals surface area contributed by atoms with Gasteiger partial charge in [-0.25, -0.2) is 0 Å². The number of amides is 2. The Morgan fingerprint density at radius 1 is 1.48 bits per heavy atom. The highest BCUT2D eigenvalue weighted by molar-refractivity contribution is 5.97. The van der Waals surface area contributed by atoms with Gasteiger partial charge in [-0.05, 0) is 24.3 Å². The van der Waals surface area contributed by atoms with Crippen molar-refractivity contribution >= 4 is 17.5 Å². The Balaban J connectivity index is 1.91. The molecule has 0 unspecified atom stereocenters. The van der Waals surface area contributed by atoms with Gasteiger partial charge < -0.3 is 15.0 Å². The third-order valence-corrected chi connectivity index (χ3v) is 3.43. The molecule has 6 heteroatoms. The molecule has 2 rings (SSSR count). The van der Waals surface area contributed by atoms with Crippen molar-refractivity contribution in [1.29, 1.82) is 5.26 Å². The average molecular weight is 287 g/mol. The molecular formula is C15H17N3O3. The Morgan fingerprint density at radius 3 is 2.81 bits per heavy atom. The number of hydrogen-bond acceptors (Lipinski definition) is 4. The van der Waals surface area contributed by atoms with Gasteiger partial charge in [-0.1, -0.05) is 0 Å². The Hall–Kier alpha value is -2.39. The number of likely N-dealkylation sites (tertiary alicyclic amines) is 1. The maximum atomic E-state index is 12.1. The number of rotatable bonds is 5. The number of nitriles is 1. The molecule has 110 valence electrons. The van der Waals surface area contributed by atoms with Gasteiger partial charge in [-0.3, -0.25) is 9.59 Å². The van der Waals surface area contributed by atoms with E-state index in [1.165, 1.54) is 0 Å². The Labute approximate surface area is 123 Å². The number of carbonyl (C=O) groups excluding carboxylic acids is 2. The smallest absolute Gasteiger partial charge is 0.229 e. The van der Waals surface area contributed by atoms with Crippen LogP contribution in [0, 0.1) is 17.2 Å². The van der Waals surface area contributed by atoms with Crippen LogP contribution < -0.4 is 5.32 Å². The molecule has 0 saturated carbocycles. The van der Waals surface area contributed by atoms with E-state index in [-0.39, 0.29) is 24.2 Å². The summed E-state index contributed by atoms with van der Waals surface area (Å²) in [5.74, 6) is -0.537. The number of nitrogens with one attached hydrogen (secondary N) is 1. The number of ether oxygens (including phenoxy) is 1. The van der Waals surface area contributed by atoms with E-state index in [9.17, 15) is 9.59 Å². The lowest BCUT2D eigenvalue weighted by Gasteiger charge is -2.15. The summed E-state index contributed by atoms with van der Waals surface area (Å²) in [5.41, 5.74) is 1.16. The Morgan fingerprint density at radius 2 is 2.19 bits per heavy atom. The zero-order valence-corrected chi connectivity index (χ0v) is 11.8. The van der Waals surface area contributed by atoms with Gasteiger partial charge in [0.25, 0.3) is 0 Å². The number of benzene rings is 1. The summed E-state index contributed by atoms with van der Waals surface area (Å²) in [6.07, 6.45) is 0.228. The van der Waals surface area contributed by atoms with E-state index in [2.05, 4.69) is 5.32 Å². The van der Waals surface area contributed by atoms with E-state index < -0.39 is 0 Å². The summed E-state index contributed by atoms with van der Waals surface area (Å²) in [4.78, 5) is 25.6. The first-order valence-electron chi connectivity index (χ1n) is 6.71. The summed E-state index contributed by atoms with van der Waals surface area (Å²) in [6.45, 7) is 1.40. The number of carbonyl (C=O) groups is 2. The molecule has 0 spiro atoms. The number of nitrogens with zero attached hydrogens (tertiary/aromatic N) is 2. The van der Waals surface area contributed by atoms with Gasteiger partial charge in [-0.2, -0.15) is 5.26 Å². The highest BCUT2D eigenvalue weighted by Crippen LogP contribution is 2.20. The predicted molar refractivity (Wildman–Crippen MR) is 76.3 cm³/mol. The zero-order chi connectivity index (χ0) is 15.2. The second kappa shape index (κ2) is 6.86.